The maximum atomic E-state index is 12.4. The normalized spacial score (nSPS) is 10.3. The van der Waals surface area contributed by atoms with E-state index in [0.717, 1.165) is 0 Å². The van der Waals surface area contributed by atoms with Gasteiger partial charge >= 0.3 is 0 Å². The van der Waals surface area contributed by atoms with Crippen molar-refractivity contribution in [3.05, 3.63) is 63.5 Å². The highest BCUT2D eigenvalue weighted by Gasteiger charge is 2.14. The summed E-state index contributed by atoms with van der Waals surface area (Å²) in [6.45, 7) is 0. The summed E-state index contributed by atoms with van der Waals surface area (Å²) in [5, 5.41) is 15.7. The Balaban J connectivity index is 1.79. The van der Waals surface area contributed by atoms with Crippen LogP contribution in [0.3, 0.4) is 0 Å². The molecule has 138 valence electrons. The topological polar surface area (TPSA) is 104 Å². The second-order valence-corrected chi connectivity index (χ2v) is 6.23. The lowest BCUT2D eigenvalue weighted by molar-refractivity contribution is -0.384. The van der Waals surface area contributed by atoms with Gasteiger partial charge in [-0.2, -0.15) is 0 Å². The highest BCUT2D eigenvalue weighted by Crippen LogP contribution is 2.30. The Kier molecular flexibility index (Phi) is 5.32. The molecule has 0 bridgehead atoms. The molecule has 0 saturated carbocycles. The summed E-state index contributed by atoms with van der Waals surface area (Å²) < 4.78 is 10.3. The van der Waals surface area contributed by atoms with Crippen LogP contribution in [0, 0.1) is 10.1 Å². The molecule has 0 aliphatic heterocycles. The first-order chi connectivity index (χ1) is 13.0. The number of thiazole rings is 1. The molecule has 0 fully saturated rings. The third kappa shape index (κ3) is 4.04. The molecule has 0 spiro atoms. The number of methoxy groups -OCH3 is 2. The van der Waals surface area contributed by atoms with Crippen molar-refractivity contribution in [2.45, 2.75) is 0 Å². The number of nitro benzene ring substituents is 1. The quantitative estimate of drug-likeness (QED) is 0.508. The molecule has 8 nitrogen and oxygen atoms in total. The number of amides is 1. The van der Waals surface area contributed by atoms with Crippen LogP contribution in [0.4, 0.5) is 10.8 Å². The average molecular weight is 385 g/mol. The molecule has 27 heavy (non-hydrogen) atoms. The number of nitro groups is 1. The number of anilines is 1. The van der Waals surface area contributed by atoms with Crippen LogP contribution in [0.25, 0.3) is 11.3 Å². The first kappa shape index (κ1) is 18.3. The predicted molar refractivity (Wildman–Crippen MR) is 102 cm³/mol. The van der Waals surface area contributed by atoms with Crippen LogP contribution in [-0.4, -0.2) is 30.0 Å². The molecule has 0 aliphatic carbocycles. The van der Waals surface area contributed by atoms with Crippen LogP contribution in [0.2, 0.25) is 0 Å². The SMILES string of the molecule is COc1ccc(C(=O)Nc2nc(-c3cccc([N+](=O)[O-])c3)cs2)cc1OC. The van der Waals surface area contributed by atoms with Gasteiger partial charge in [0.15, 0.2) is 16.6 Å². The molecule has 3 rings (SSSR count). The fraction of sp³-hybridized carbons (Fsp3) is 0.111. The number of carbonyl (C=O) groups excluding carboxylic acids is 1. The standard InChI is InChI=1S/C18H15N3O5S/c1-25-15-7-6-12(9-16(15)26-2)17(22)20-18-19-14(10-27-18)11-4-3-5-13(8-11)21(23)24/h3-10H,1-2H3,(H,19,20,22). The number of nitrogens with one attached hydrogen (secondary N) is 1. The van der Waals surface area contributed by atoms with Crippen molar-refractivity contribution in [2.75, 3.05) is 19.5 Å². The molecule has 1 aromatic heterocycles. The van der Waals surface area contributed by atoms with Gasteiger partial charge in [-0.25, -0.2) is 4.98 Å². The van der Waals surface area contributed by atoms with E-state index in [0.29, 0.717) is 33.5 Å². The molecule has 0 radical (unpaired) electrons. The molecule has 1 amide bonds. The average Bonchev–Trinajstić information content (AvgIpc) is 3.15. The van der Waals surface area contributed by atoms with Crippen molar-refractivity contribution in [1.82, 2.24) is 4.98 Å². The van der Waals surface area contributed by atoms with Crippen LogP contribution in [0.1, 0.15) is 10.4 Å². The third-order valence-electron chi connectivity index (χ3n) is 3.72. The number of nitrogens with zero attached hydrogens (tertiary/aromatic N) is 2. The predicted octanol–water partition coefficient (Wildman–Crippen LogP) is 3.99. The Labute approximate surface area is 158 Å². The molecule has 0 atom stereocenters. The second kappa shape index (κ2) is 7.83. The van der Waals surface area contributed by atoms with Gasteiger partial charge in [-0.15, -0.1) is 11.3 Å². The number of hydrogen-bond acceptors (Lipinski definition) is 7. The van der Waals surface area contributed by atoms with Crippen LogP contribution < -0.4 is 14.8 Å². The Morgan fingerprint density at radius 3 is 2.63 bits per heavy atom. The lowest BCUT2D eigenvalue weighted by Crippen LogP contribution is -2.12. The first-order valence-corrected chi connectivity index (χ1v) is 8.63. The monoisotopic (exact) mass is 385 g/mol. The van der Waals surface area contributed by atoms with Crippen LogP contribution in [0.15, 0.2) is 47.8 Å². The summed E-state index contributed by atoms with van der Waals surface area (Å²) in [5.74, 6) is 0.619. The molecule has 3 aromatic rings. The van der Waals surface area contributed by atoms with Crippen molar-refractivity contribution >= 4 is 28.1 Å². The zero-order chi connectivity index (χ0) is 19.4. The van der Waals surface area contributed by atoms with Gasteiger partial charge in [-0.1, -0.05) is 12.1 Å². The first-order valence-electron chi connectivity index (χ1n) is 7.75. The summed E-state index contributed by atoms with van der Waals surface area (Å²) in [5.41, 5.74) is 1.52. The van der Waals surface area contributed by atoms with Gasteiger partial charge in [0.1, 0.15) is 0 Å². The van der Waals surface area contributed by atoms with Gasteiger partial charge in [0.25, 0.3) is 11.6 Å². The van der Waals surface area contributed by atoms with Crippen LogP contribution in [-0.2, 0) is 0 Å². The van der Waals surface area contributed by atoms with E-state index in [9.17, 15) is 14.9 Å². The van der Waals surface area contributed by atoms with Gasteiger partial charge in [0.05, 0.1) is 24.8 Å². The van der Waals surface area contributed by atoms with Gasteiger partial charge in [-0.3, -0.25) is 20.2 Å². The zero-order valence-corrected chi connectivity index (χ0v) is 15.3. The van der Waals surface area contributed by atoms with Gasteiger partial charge < -0.3 is 9.47 Å². The summed E-state index contributed by atoms with van der Waals surface area (Å²) in [7, 11) is 3.01. The minimum absolute atomic E-state index is 0.0172. The number of aromatic nitrogens is 1. The number of ether oxygens (including phenoxy) is 2. The summed E-state index contributed by atoms with van der Waals surface area (Å²) in [4.78, 5) is 27.2. The van der Waals surface area contributed by atoms with E-state index >= 15 is 0 Å². The minimum atomic E-state index is -0.463. The van der Waals surface area contributed by atoms with E-state index in [-0.39, 0.29) is 11.6 Å². The molecular formula is C18H15N3O5S. The Hall–Kier alpha value is -3.46. The van der Waals surface area contributed by atoms with Crippen LogP contribution in [0.5, 0.6) is 11.5 Å². The number of rotatable bonds is 6. The molecule has 1 N–H and O–H groups in total. The maximum Gasteiger partial charge on any atom is 0.270 e. The molecule has 9 heteroatoms. The molecule has 0 aliphatic rings. The zero-order valence-electron chi connectivity index (χ0n) is 14.5. The lowest BCUT2D eigenvalue weighted by Gasteiger charge is -2.09. The molecule has 2 aromatic carbocycles. The summed E-state index contributed by atoms with van der Waals surface area (Å²) >= 11 is 1.23. The van der Waals surface area contributed by atoms with Crippen molar-refractivity contribution in [3.63, 3.8) is 0 Å². The van der Waals surface area contributed by atoms with Crippen molar-refractivity contribution in [3.8, 4) is 22.8 Å². The number of carbonyl (C=O) groups is 1. The Morgan fingerprint density at radius 1 is 1.15 bits per heavy atom. The van der Waals surface area contributed by atoms with Crippen molar-refractivity contribution < 1.29 is 19.2 Å². The van der Waals surface area contributed by atoms with E-state index in [1.807, 2.05) is 0 Å². The van der Waals surface area contributed by atoms with Gasteiger partial charge in [0.2, 0.25) is 0 Å². The fourth-order valence-electron chi connectivity index (χ4n) is 2.39. The van der Waals surface area contributed by atoms with E-state index < -0.39 is 4.92 Å². The highest BCUT2D eigenvalue weighted by molar-refractivity contribution is 7.14. The minimum Gasteiger partial charge on any atom is -0.493 e. The molecule has 0 saturated heterocycles. The van der Waals surface area contributed by atoms with Crippen LogP contribution >= 0.6 is 11.3 Å². The summed E-state index contributed by atoms with van der Waals surface area (Å²) in [6, 6.07) is 11.0. The molecule has 0 unspecified atom stereocenters. The maximum absolute atomic E-state index is 12.4. The summed E-state index contributed by atoms with van der Waals surface area (Å²) in [6.07, 6.45) is 0. The van der Waals surface area contributed by atoms with Gasteiger partial charge in [-0.05, 0) is 18.2 Å². The van der Waals surface area contributed by atoms with E-state index in [4.69, 9.17) is 9.47 Å². The highest BCUT2D eigenvalue weighted by atomic mass is 32.1. The third-order valence-corrected chi connectivity index (χ3v) is 4.48. The number of non-ortho nitro benzene ring substituents is 1. The van der Waals surface area contributed by atoms with Crippen molar-refractivity contribution in [2.24, 2.45) is 0 Å². The fourth-order valence-corrected chi connectivity index (χ4v) is 3.10. The number of hydrogen-bond donors (Lipinski definition) is 1. The van der Waals surface area contributed by atoms with E-state index in [1.54, 1.807) is 35.7 Å². The largest absolute Gasteiger partial charge is 0.493 e. The number of benzene rings is 2. The molecular weight excluding hydrogens is 370 g/mol. The molecule has 1 heterocycles. The van der Waals surface area contributed by atoms with Crippen molar-refractivity contribution in [1.29, 1.82) is 0 Å². The van der Waals surface area contributed by atoms with E-state index in [1.165, 1.54) is 37.7 Å². The lowest BCUT2D eigenvalue weighted by atomic mass is 10.1. The van der Waals surface area contributed by atoms with Gasteiger partial charge in [0, 0.05) is 28.6 Å². The second-order valence-electron chi connectivity index (χ2n) is 5.37. The van der Waals surface area contributed by atoms with E-state index in [2.05, 4.69) is 10.3 Å². The Morgan fingerprint density at radius 2 is 1.93 bits per heavy atom. The smallest absolute Gasteiger partial charge is 0.270 e. The Bertz CT molecular complexity index is 1000.